The monoisotopic (exact) mass is 549 g/mol. The van der Waals surface area contributed by atoms with Crippen molar-refractivity contribution in [3.63, 3.8) is 0 Å². The van der Waals surface area contributed by atoms with Crippen LogP contribution in [0.5, 0.6) is 0 Å². The van der Waals surface area contributed by atoms with Crippen LogP contribution < -0.4 is 9.88 Å². The highest BCUT2D eigenvalue weighted by Crippen LogP contribution is 2.35. The largest absolute Gasteiger partial charge is 0.378 e. The smallest absolute Gasteiger partial charge is 0.330 e. The van der Waals surface area contributed by atoms with Crippen LogP contribution >= 0.6 is 0 Å². The first-order chi connectivity index (χ1) is 20.1. The van der Waals surface area contributed by atoms with E-state index in [1.807, 2.05) is 66.0 Å². The van der Waals surface area contributed by atoms with Crippen LogP contribution in [0.25, 0.3) is 27.8 Å². The lowest BCUT2D eigenvalue weighted by atomic mass is 10.1. The number of imidazole rings is 1. The Balaban J connectivity index is 1.26. The predicted octanol–water partition coefficient (Wildman–Crippen LogP) is 4.92. The predicted molar refractivity (Wildman–Crippen MR) is 156 cm³/mol. The van der Waals surface area contributed by atoms with Crippen molar-refractivity contribution in [2.45, 2.75) is 32.7 Å². The molecule has 208 valence electrons. The van der Waals surface area contributed by atoms with Gasteiger partial charge in [-0.2, -0.15) is 4.40 Å². The van der Waals surface area contributed by atoms with Gasteiger partial charge in [0.2, 0.25) is 11.7 Å². The van der Waals surface area contributed by atoms with E-state index in [1.165, 1.54) is 0 Å². The maximum absolute atomic E-state index is 12.9. The Bertz CT molecular complexity index is 1760. The summed E-state index contributed by atoms with van der Waals surface area (Å²) in [5.74, 6) is 1.06. The molecule has 41 heavy (non-hydrogen) atoms. The number of fused-ring (bicyclic) bond motifs is 2. The van der Waals surface area contributed by atoms with Crippen LogP contribution in [0.3, 0.4) is 0 Å². The molecule has 3 aromatic heterocycles. The summed E-state index contributed by atoms with van der Waals surface area (Å²) in [6, 6.07) is 15.6. The molecule has 2 fully saturated rings. The molecule has 0 spiro atoms. The van der Waals surface area contributed by atoms with Gasteiger partial charge in [-0.25, -0.2) is 9.55 Å². The highest BCUT2D eigenvalue weighted by Gasteiger charge is 2.31. The molecule has 1 aliphatic carbocycles. The van der Waals surface area contributed by atoms with Crippen LogP contribution in [-0.2, 0) is 11.3 Å². The van der Waals surface area contributed by atoms with E-state index in [1.54, 1.807) is 4.57 Å². The van der Waals surface area contributed by atoms with E-state index >= 15 is 0 Å². The topological polar surface area (TPSA) is 84.8 Å². The molecule has 0 atom stereocenters. The number of morpholine rings is 1. The summed E-state index contributed by atoms with van der Waals surface area (Å²) >= 11 is 0. The SMILES string of the molecule is CCC[n+]1ccn2cc(-c3cccc4c3ccn4C(=O)C3CC3)nc(Nc3ccc(C(=O)N4CCOCC4)cc3)c21. The van der Waals surface area contributed by atoms with Gasteiger partial charge in [-0.15, -0.1) is 0 Å². The van der Waals surface area contributed by atoms with Gasteiger partial charge < -0.3 is 15.0 Å². The van der Waals surface area contributed by atoms with Gasteiger partial charge in [-0.05, 0) is 55.7 Å². The third kappa shape index (κ3) is 4.76. The van der Waals surface area contributed by atoms with Crippen molar-refractivity contribution in [3.05, 3.63) is 78.9 Å². The zero-order chi connectivity index (χ0) is 27.9. The molecule has 1 saturated carbocycles. The number of hydrogen-bond donors (Lipinski definition) is 1. The molecule has 9 heteroatoms. The molecule has 1 N–H and O–H groups in total. The molecule has 2 aromatic carbocycles. The van der Waals surface area contributed by atoms with Crippen LogP contribution in [0.4, 0.5) is 11.5 Å². The summed E-state index contributed by atoms with van der Waals surface area (Å²) in [6.45, 7) is 5.40. The first-order valence-electron chi connectivity index (χ1n) is 14.4. The number of nitrogens with zero attached hydrogens (tertiary/aromatic N) is 5. The number of aryl methyl sites for hydroxylation is 1. The van der Waals surface area contributed by atoms with Gasteiger partial charge in [0.15, 0.2) is 0 Å². The number of benzene rings is 2. The minimum Gasteiger partial charge on any atom is -0.378 e. The van der Waals surface area contributed by atoms with E-state index in [2.05, 4.69) is 33.5 Å². The summed E-state index contributed by atoms with van der Waals surface area (Å²) < 4.78 is 11.5. The molecule has 5 aromatic rings. The fraction of sp³-hybridized carbons (Fsp3) is 0.312. The van der Waals surface area contributed by atoms with Crippen LogP contribution in [0, 0.1) is 5.92 Å². The van der Waals surface area contributed by atoms with E-state index in [0.717, 1.165) is 65.1 Å². The van der Waals surface area contributed by atoms with E-state index in [9.17, 15) is 9.59 Å². The van der Waals surface area contributed by atoms with Crippen LogP contribution in [0.1, 0.15) is 41.3 Å². The summed E-state index contributed by atoms with van der Waals surface area (Å²) in [5.41, 5.74) is 5.14. The van der Waals surface area contributed by atoms with Gasteiger partial charge in [-0.3, -0.25) is 14.2 Å². The number of carbonyl (C=O) groups is 2. The van der Waals surface area contributed by atoms with Gasteiger partial charge in [0.05, 0.1) is 25.3 Å². The van der Waals surface area contributed by atoms with Crippen LogP contribution in [0.15, 0.2) is 73.3 Å². The Morgan fingerprint density at radius 1 is 1.05 bits per heavy atom. The number of hydrogen-bond acceptors (Lipinski definition) is 5. The number of ether oxygens (including phenoxy) is 1. The summed E-state index contributed by atoms with van der Waals surface area (Å²) in [6.07, 6.45) is 11.0. The second-order valence-electron chi connectivity index (χ2n) is 10.8. The van der Waals surface area contributed by atoms with Gasteiger partial charge in [-0.1, -0.05) is 19.1 Å². The molecule has 0 radical (unpaired) electrons. The van der Waals surface area contributed by atoms with Crippen molar-refractivity contribution in [1.82, 2.24) is 18.9 Å². The lowest BCUT2D eigenvalue weighted by Gasteiger charge is -2.26. The first kappa shape index (κ1) is 25.5. The Hall–Kier alpha value is -4.50. The Labute approximate surface area is 238 Å². The fourth-order valence-electron chi connectivity index (χ4n) is 5.66. The average Bonchev–Trinajstić information content (AvgIpc) is 3.65. The summed E-state index contributed by atoms with van der Waals surface area (Å²) in [5, 5.41) is 4.52. The molecule has 0 unspecified atom stereocenters. The van der Waals surface area contributed by atoms with Crippen molar-refractivity contribution < 1.29 is 18.9 Å². The van der Waals surface area contributed by atoms with E-state index in [-0.39, 0.29) is 17.7 Å². The van der Waals surface area contributed by atoms with Crippen molar-refractivity contribution >= 4 is 39.9 Å². The lowest BCUT2D eigenvalue weighted by Crippen LogP contribution is -2.40. The van der Waals surface area contributed by atoms with E-state index in [0.29, 0.717) is 31.9 Å². The molecule has 7 rings (SSSR count). The van der Waals surface area contributed by atoms with Gasteiger partial charge in [0.25, 0.3) is 5.91 Å². The quantitative estimate of drug-likeness (QED) is 0.292. The Morgan fingerprint density at radius 3 is 2.61 bits per heavy atom. The van der Waals surface area contributed by atoms with Crippen LogP contribution in [0.2, 0.25) is 0 Å². The maximum Gasteiger partial charge on any atom is 0.330 e. The molecular weight excluding hydrogens is 516 g/mol. The minimum absolute atomic E-state index is 0.0231. The van der Waals surface area contributed by atoms with E-state index < -0.39 is 0 Å². The third-order valence-electron chi connectivity index (χ3n) is 7.96. The number of carbonyl (C=O) groups excluding carboxylic acids is 2. The minimum atomic E-state index is 0.0231. The highest BCUT2D eigenvalue weighted by atomic mass is 16.5. The van der Waals surface area contributed by atoms with Gasteiger partial charge in [0.1, 0.15) is 24.3 Å². The van der Waals surface area contributed by atoms with Gasteiger partial charge in [0, 0.05) is 47.4 Å². The third-order valence-corrected chi connectivity index (χ3v) is 7.96. The van der Waals surface area contributed by atoms with Crippen molar-refractivity contribution in [3.8, 4) is 11.3 Å². The summed E-state index contributed by atoms with van der Waals surface area (Å²) in [4.78, 5) is 32.8. The molecule has 0 bridgehead atoms. The average molecular weight is 550 g/mol. The lowest BCUT2D eigenvalue weighted by molar-refractivity contribution is -0.670. The second kappa shape index (κ2) is 10.5. The fourth-order valence-corrected chi connectivity index (χ4v) is 5.66. The van der Waals surface area contributed by atoms with Crippen LogP contribution in [-0.4, -0.2) is 57.0 Å². The number of aromatic nitrogens is 4. The number of nitrogens with one attached hydrogen (secondary N) is 1. The highest BCUT2D eigenvalue weighted by molar-refractivity contribution is 6.01. The first-order valence-corrected chi connectivity index (χ1v) is 14.4. The van der Waals surface area contributed by atoms with Crippen molar-refractivity contribution in [2.75, 3.05) is 31.6 Å². The molecule has 1 aliphatic heterocycles. The number of rotatable bonds is 7. The number of anilines is 2. The standard InChI is InChI=1S/C32H32N6O3/c1-2-13-35-15-16-37-21-27(25-4-3-5-28-26(25)12-14-38(28)32(40)23-6-7-23)34-29(30(35)37)33-24-10-8-22(9-11-24)31(39)36-17-19-41-20-18-36/h3-5,8-12,14-16,21,23H,2,6-7,13,17-20H2,1H3/p+1. The van der Waals surface area contributed by atoms with Crippen molar-refractivity contribution in [1.29, 1.82) is 0 Å². The van der Waals surface area contributed by atoms with E-state index in [4.69, 9.17) is 9.72 Å². The second-order valence-corrected chi connectivity index (χ2v) is 10.8. The molecule has 2 aliphatic rings. The number of amides is 1. The maximum atomic E-state index is 12.9. The molecule has 9 nitrogen and oxygen atoms in total. The Kier molecular flexibility index (Phi) is 6.51. The Morgan fingerprint density at radius 2 is 1.85 bits per heavy atom. The zero-order valence-corrected chi connectivity index (χ0v) is 23.1. The molecule has 4 heterocycles. The van der Waals surface area contributed by atoms with Crippen molar-refractivity contribution in [2.24, 2.45) is 5.92 Å². The molecule has 1 saturated heterocycles. The zero-order valence-electron chi connectivity index (χ0n) is 23.1. The van der Waals surface area contributed by atoms with Gasteiger partial charge >= 0.3 is 5.65 Å². The summed E-state index contributed by atoms with van der Waals surface area (Å²) in [7, 11) is 0. The molecular formula is C32H33N6O3+. The normalized spacial score (nSPS) is 15.5. The molecule has 1 amide bonds.